The molecule has 9 heteroatoms. The van der Waals surface area contributed by atoms with E-state index in [2.05, 4.69) is 31.1 Å². The minimum absolute atomic E-state index is 0.0469. The van der Waals surface area contributed by atoms with Crippen LogP contribution >= 0.6 is 15.9 Å². The number of methoxy groups -OCH3 is 1. The third-order valence-corrected chi connectivity index (χ3v) is 4.67. The summed E-state index contributed by atoms with van der Waals surface area (Å²) in [7, 11) is -2.32. The molecule has 0 bridgehead atoms. The van der Waals surface area contributed by atoms with Crippen molar-refractivity contribution < 1.29 is 13.2 Å². The molecule has 0 unspecified atom stereocenters. The third kappa shape index (κ3) is 3.43. The van der Waals surface area contributed by atoms with Crippen LogP contribution in [0.15, 0.2) is 45.9 Å². The SMILES string of the molecule is COc1cc(NS(=O)(=O)c2cccnc2NN)ccc1Br. The second kappa shape index (κ2) is 6.29. The Morgan fingerprint density at radius 2 is 2.10 bits per heavy atom. The molecular formula is C12H13BrN4O3S. The third-order valence-electron chi connectivity index (χ3n) is 2.60. The van der Waals surface area contributed by atoms with Gasteiger partial charge in [-0.25, -0.2) is 19.2 Å². The number of nitrogens with one attached hydrogen (secondary N) is 2. The number of ether oxygens (including phenoxy) is 1. The Balaban J connectivity index is 2.37. The van der Waals surface area contributed by atoms with Gasteiger partial charge in [-0.15, -0.1) is 0 Å². The molecule has 4 N–H and O–H groups in total. The molecule has 2 rings (SSSR count). The molecule has 0 amide bonds. The van der Waals surface area contributed by atoms with Crippen molar-refractivity contribution in [2.24, 2.45) is 5.84 Å². The molecule has 7 nitrogen and oxygen atoms in total. The summed E-state index contributed by atoms with van der Waals surface area (Å²) in [6, 6.07) is 7.77. The van der Waals surface area contributed by atoms with E-state index in [0.717, 1.165) is 4.47 Å². The topological polar surface area (TPSA) is 106 Å². The molecule has 0 saturated carbocycles. The Kier molecular flexibility index (Phi) is 4.66. The van der Waals surface area contributed by atoms with Crippen molar-refractivity contribution >= 4 is 37.5 Å². The van der Waals surface area contributed by atoms with Crippen molar-refractivity contribution in [3.8, 4) is 5.75 Å². The highest BCUT2D eigenvalue weighted by Crippen LogP contribution is 2.29. The van der Waals surface area contributed by atoms with Gasteiger partial charge in [-0.2, -0.15) is 0 Å². The van der Waals surface area contributed by atoms with E-state index in [1.54, 1.807) is 18.2 Å². The fourth-order valence-electron chi connectivity index (χ4n) is 1.65. The van der Waals surface area contributed by atoms with E-state index in [-0.39, 0.29) is 10.7 Å². The maximum absolute atomic E-state index is 12.4. The molecule has 112 valence electrons. The lowest BCUT2D eigenvalue weighted by Crippen LogP contribution is -2.18. The van der Waals surface area contributed by atoms with E-state index in [1.165, 1.54) is 25.4 Å². The molecule has 21 heavy (non-hydrogen) atoms. The van der Waals surface area contributed by atoms with E-state index in [0.29, 0.717) is 11.4 Å². The highest BCUT2D eigenvalue weighted by atomic mass is 79.9. The molecule has 1 aromatic heterocycles. The van der Waals surface area contributed by atoms with Crippen LogP contribution in [0, 0.1) is 0 Å². The molecule has 0 atom stereocenters. The van der Waals surface area contributed by atoms with Gasteiger partial charge in [0.05, 0.1) is 17.3 Å². The number of sulfonamides is 1. The van der Waals surface area contributed by atoms with Crippen molar-refractivity contribution in [1.82, 2.24) is 4.98 Å². The first-order valence-corrected chi connectivity index (χ1v) is 8.03. The molecule has 0 aliphatic carbocycles. The van der Waals surface area contributed by atoms with Gasteiger partial charge in [0.2, 0.25) is 0 Å². The van der Waals surface area contributed by atoms with E-state index in [4.69, 9.17) is 10.6 Å². The van der Waals surface area contributed by atoms with Gasteiger partial charge >= 0.3 is 0 Å². The van der Waals surface area contributed by atoms with Crippen molar-refractivity contribution in [2.75, 3.05) is 17.3 Å². The lowest BCUT2D eigenvalue weighted by molar-refractivity contribution is 0.412. The van der Waals surface area contributed by atoms with Crippen LogP contribution in [0.2, 0.25) is 0 Å². The van der Waals surface area contributed by atoms with Crippen LogP contribution < -0.4 is 20.7 Å². The molecule has 1 heterocycles. The number of hydrazine groups is 1. The summed E-state index contributed by atoms with van der Waals surface area (Å²) >= 11 is 3.30. The van der Waals surface area contributed by atoms with Gasteiger partial charge in [0.1, 0.15) is 10.6 Å². The van der Waals surface area contributed by atoms with Crippen LogP contribution in [0.1, 0.15) is 0 Å². The molecule has 0 spiro atoms. The number of nitrogens with zero attached hydrogens (tertiary/aromatic N) is 1. The van der Waals surface area contributed by atoms with Gasteiger partial charge in [-0.3, -0.25) is 4.72 Å². The monoisotopic (exact) mass is 372 g/mol. The number of nitrogens with two attached hydrogens (primary N) is 1. The quantitative estimate of drug-likeness (QED) is 0.546. The fourth-order valence-corrected chi connectivity index (χ4v) is 3.23. The van der Waals surface area contributed by atoms with Crippen LogP contribution in [0.5, 0.6) is 5.75 Å². The number of benzene rings is 1. The van der Waals surface area contributed by atoms with Crippen LogP contribution in [-0.2, 0) is 10.0 Å². The first-order chi connectivity index (χ1) is 9.97. The molecular weight excluding hydrogens is 360 g/mol. The first-order valence-electron chi connectivity index (χ1n) is 5.76. The van der Waals surface area contributed by atoms with Crippen molar-refractivity contribution in [3.05, 3.63) is 41.0 Å². The largest absolute Gasteiger partial charge is 0.495 e. The van der Waals surface area contributed by atoms with Crippen LogP contribution in [-0.4, -0.2) is 20.5 Å². The lowest BCUT2D eigenvalue weighted by Gasteiger charge is -2.12. The zero-order chi connectivity index (χ0) is 15.5. The predicted octanol–water partition coefficient (Wildman–Crippen LogP) is 1.94. The standard InChI is InChI=1S/C12H13BrN4O3S/c1-20-10-7-8(4-5-9(10)13)17-21(18,19)11-3-2-6-15-12(11)16-14/h2-7,17H,14H2,1H3,(H,15,16). The minimum atomic E-state index is -3.82. The van der Waals surface area contributed by atoms with Crippen LogP contribution in [0.3, 0.4) is 0 Å². The first kappa shape index (κ1) is 15.5. The molecule has 0 aliphatic heterocycles. The predicted molar refractivity (Wildman–Crippen MR) is 83.5 cm³/mol. The number of rotatable bonds is 5. The van der Waals surface area contributed by atoms with Gasteiger partial charge in [-0.05, 0) is 40.2 Å². The Morgan fingerprint density at radius 3 is 2.76 bits per heavy atom. The van der Waals surface area contributed by atoms with E-state index in [1.807, 2.05) is 0 Å². The van der Waals surface area contributed by atoms with E-state index >= 15 is 0 Å². The smallest absolute Gasteiger partial charge is 0.265 e. The number of aromatic nitrogens is 1. The molecule has 0 radical (unpaired) electrons. The average Bonchev–Trinajstić information content (AvgIpc) is 2.49. The molecule has 0 aliphatic rings. The average molecular weight is 373 g/mol. The molecule has 0 saturated heterocycles. The van der Waals surface area contributed by atoms with Gasteiger partial charge < -0.3 is 10.2 Å². The highest BCUT2D eigenvalue weighted by molar-refractivity contribution is 9.10. The fraction of sp³-hybridized carbons (Fsp3) is 0.0833. The summed E-state index contributed by atoms with van der Waals surface area (Å²) in [5, 5.41) is 0. The summed E-state index contributed by atoms with van der Waals surface area (Å²) < 4.78 is 33.0. The van der Waals surface area contributed by atoms with Gasteiger partial charge in [0.25, 0.3) is 10.0 Å². The zero-order valence-electron chi connectivity index (χ0n) is 11.0. The summed E-state index contributed by atoms with van der Waals surface area (Å²) in [5.41, 5.74) is 2.62. The Hall–Kier alpha value is -1.84. The Morgan fingerprint density at radius 1 is 1.33 bits per heavy atom. The minimum Gasteiger partial charge on any atom is -0.495 e. The van der Waals surface area contributed by atoms with Crippen molar-refractivity contribution in [3.63, 3.8) is 0 Å². The molecule has 2 aromatic rings. The highest BCUT2D eigenvalue weighted by Gasteiger charge is 2.19. The second-order valence-corrected chi connectivity index (χ2v) is 6.45. The van der Waals surface area contributed by atoms with Gasteiger partial charge in [-0.1, -0.05) is 0 Å². The summed E-state index contributed by atoms with van der Waals surface area (Å²) in [4.78, 5) is 3.82. The second-order valence-electron chi connectivity index (χ2n) is 3.95. The van der Waals surface area contributed by atoms with Gasteiger partial charge in [0, 0.05) is 12.3 Å². The van der Waals surface area contributed by atoms with E-state index < -0.39 is 10.0 Å². The molecule has 0 fully saturated rings. The number of pyridine rings is 1. The number of anilines is 2. The summed E-state index contributed by atoms with van der Waals surface area (Å²) in [6.07, 6.45) is 1.44. The number of hydrogen-bond donors (Lipinski definition) is 3. The maximum Gasteiger partial charge on any atom is 0.265 e. The summed E-state index contributed by atoms with van der Waals surface area (Å²) in [6.45, 7) is 0. The number of hydrogen-bond acceptors (Lipinski definition) is 6. The Bertz CT molecular complexity index is 752. The van der Waals surface area contributed by atoms with Crippen LogP contribution in [0.4, 0.5) is 11.5 Å². The molecule has 1 aromatic carbocycles. The number of nitrogen functional groups attached to an aromatic ring is 1. The number of halogens is 1. The van der Waals surface area contributed by atoms with Gasteiger partial charge in [0.15, 0.2) is 5.82 Å². The summed E-state index contributed by atoms with van der Waals surface area (Å²) in [5.74, 6) is 5.85. The van der Waals surface area contributed by atoms with Crippen molar-refractivity contribution in [1.29, 1.82) is 0 Å². The van der Waals surface area contributed by atoms with E-state index in [9.17, 15) is 8.42 Å². The normalized spacial score (nSPS) is 11.0. The van der Waals surface area contributed by atoms with Crippen LogP contribution in [0.25, 0.3) is 0 Å². The van der Waals surface area contributed by atoms with Crippen molar-refractivity contribution in [2.45, 2.75) is 4.90 Å². The lowest BCUT2D eigenvalue weighted by atomic mass is 10.3. The zero-order valence-corrected chi connectivity index (χ0v) is 13.4. The Labute approximate surface area is 130 Å². The maximum atomic E-state index is 12.4.